The van der Waals surface area contributed by atoms with Gasteiger partial charge in [0.1, 0.15) is 0 Å². The summed E-state index contributed by atoms with van der Waals surface area (Å²) in [7, 11) is 0. The average Bonchev–Trinajstić information content (AvgIpc) is 2.18. The van der Waals surface area contributed by atoms with Crippen molar-refractivity contribution in [1.29, 1.82) is 0 Å². The number of piperidine rings is 1. The van der Waals surface area contributed by atoms with Crippen LogP contribution in [-0.2, 0) is 4.84 Å². The lowest BCUT2D eigenvalue weighted by Crippen LogP contribution is -2.48. The van der Waals surface area contributed by atoms with E-state index in [2.05, 4.69) is 0 Å². The Morgan fingerprint density at radius 3 is 2.71 bits per heavy atom. The van der Waals surface area contributed by atoms with E-state index in [4.69, 9.17) is 10.6 Å². The molecule has 14 heavy (non-hydrogen) atoms. The molecule has 0 aromatic carbocycles. The van der Waals surface area contributed by atoms with Gasteiger partial charge in [0.15, 0.2) is 0 Å². The van der Waals surface area contributed by atoms with Gasteiger partial charge in [0, 0.05) is 12.6 Å². The minimum absolute atomic E-state index is 0.435. The summed E-state index contributed by atoms with van der Waals surface area (Å²) in [4.78, 5) is 15.7. The lowest BCUT2D eigenvalue weighted by atomic mass is 9.79. The number of amides is 1. The minimum atomic E-state index is -0.670. The lowest BCUT2D eigenvalue weighted by Gasteiger charge is -2.41. The normalized spacial score (nSPS) is 33.4. The minimum Gasteiger partial charge on any atom is -0.351 e. The molecule has 1 saturated heterocycles. The van der Waals surface area contributed by atoms with Crippen LogP contribution in [0.15, 0.2) is 0 Å². The summed E-state index contributed by atoms with van der Waals surface area (Å²) in [5, 5.41) is 1.82. The van der Waals surface area contributed by atoms with Crippen LogP contribution in [0.25, 0.3) is 0 Å². The first-order valence-corrected chi connectivity index (χ1v) is 5.51. The van der Waals surface area contributed by atoms with Crippen molar-refractivity contribution in [3.05, 3.63) is 0 Å². The third-order valence-corrected chi connectivity index (χ3v) is 3.40. The molecule has 1 saturated carbocycles. The van der Waals surface area contributed by atoms with Crippen molar-refractivity contribution in [3.8, 4) is 0 Å². The third kappa shape index (κ3) is 2.00. The van der Waals surface area contributed by atoms with Gasteiger partial charge in [0.25, 0.3) is 0 Å². The van der Waals surface area contributed by atoms with Crippen LogP contribution in [0.1, 0.15) is 38.5 Å². The van der Waals surface area contributed by atoms with Crippen molar-refractivity contribution >= 4 is 6.09 Å². The predicted octanol–water partition coefficient (Wildman–Crippen LogP) is 1.65. The Labute approximate surface area is 84.3 Å². The Morgan fingerprint density at radius 1 is 1.21 bits per heavy atom. The van der Waals surface area contributed by atoms with Crippen LogP contribution in [0.2, 0.25) is 0 Å². The second-order valence-electron chi connectivity index (χ2n) is 4.31. The van der Waals surface area contributed by atoms with E-state index in [1.807, 2.05) is 5.06 Å². The number of hydrogen-bond acceptors (Lipinski definition) is 3. The van der Waals surface area contributed by atoms with Crippen molar-refractivity contribution in [2.75, 3.05) is 6.54 Å². The Kier molecular flexibility index (Phi) is 2.91. The second kappa shape index (κ2) is 4.17. The van der Waals surface area contributed by atoms with E-state index >= 15 is 0 Å². The highest BCUT2D eigenvalue weighted by Gasteiger charge is 2.35. The monoisotopic (exact) mass is 198 g/mol. The molecule has 2 N–H and O–H groups in total. The molecule has 2 atom stereocenters. The SMILES string of the molecule is NC(=O)ON1CCCC2CCCCC21. The summed E-state index contributed by atoms with van der Waals surface area (Å²) in [6.45, 7) is 0.851. The summed E-state index contributed by atoms with van der Waals surface area (Å²) in [6.07, 6.45) is 6.74. The average molecular weight is 198 g/mol. The summed E-state index contributed by atoms with van der Waals surface area (Å²) in [5.74, 6) is 0.719. The van der Waals surface area contributed by atoms with E-state index < -0.39 is 6.09 Å². The Morgan fingerprint density at radius 2 is 1.93 bits per heavy atom. The number of fused-ring (bicyclic) bond motifs is 1. The number of hydroxylamine groups is 2. The van der Waals surface area contributed by atoms with Crippen molar-refractivity contribution in [2.24, 2.45) is 11.7 Å². The fourth-order valence-electron chi connectivity index (χ4n) is 2.81. The zero-order chi connectivity index (χ0) is 9.97. The van der Waals surface area contributed by atoms with Crippen LogP contribution in [0.3, 0.4) is 0 Å². The van der Waals surface area contributed by atoms with Crippen LogP contribution in [-0.4, -0.2) is 23.7 Å². The fraction of sp³-hybridized carbons (Fsp3) is 0.900. The van der Waals surface area contributed by atoms with Gasteiger partial charge >= 0.3 is 6.09 Å². The molecule has 0 aromatic rings. The van der Waals surface area contributed by atoms with Gasteiger partial charge in [0.2, 0.25) is 0 Å². The first kappa shape index (κ1) is 9.77. The Bertz CT molecular complexity index is 218. The standard InChI is InChI=1S/C10H18N2O2/c11-10(13)14-12-7-3-5-8-4-1-2-6-9(8)12/h8-9H,1-7H2,(H2,11,13). The number of carbonyl (C=O) groups excluding carboxylic acids is 1. The molecular formula is C10H18N2O2. The van der Waals surface area contributed by atoms with Crippen LogP contribution >= 0.6 is 0 Å². The first-order chi connectivity index (χ1) is 6.77. The van der Waals surface area contributed by atoms with Crippen molar-refractivity contribution in [3.63, 3.8) is 0 Å². The van der Waals surface area contributed by atoms with Gasteiger partial charge in [-0.25, -0.2) is 4.79 Å². The third-order valence-electron chi connectivity index (χ3n) is 3.40. The maximum atomic E-state index is 10.7. The molecule has 0 radical (unpaired) electrons. The zero-order valence-corrected chi connectivity index (χ0v) is 8.45. The van der Waals surface area contributed by atoms with Crippen LogP contribution in [0.5, 0.6) is 0 Å². The Balaban J connectivity index is 1.97. The smallest absolute Gasteiger partial charge is 0.351 e. The van der Waals surface area contributed by atoms with Crippen molar-refractivity contribution in [1.82, 2.24) is 5.06 Å². The molecule has 1 heterocycles. The Hall–Kier alpha value is -0.770. The predicted molar refractivity (Wildman–Crippen MR) is 52.4 cm³/mol. The molecule has 2 rings (SSSR count). The molecule has 80 valence electrons. The molecule has 4 nitrogen and oxygen atoms in total. The van der Waals surface area contributed by atoms with Crippen molar-refractivity contribution < 1.29 is 9.63 Å². The number of hydrogen-bond donors (Lipinski definition) is 1. The second-order valence-corrected chi connectivity index (χ2v) is 4.31. The van der Waals surface area contributed by atoms with E-state index in [-0.39, 0.29) is 0 Å². The highest BCUT2D eigenvalue weighted by molar-refractivity contribution is 5.64. The maximum Gasteiger partial charge on any atom is 0.423 e. The molecule has 1 aliphatic carbocycles. The van der Waals surface area contributed by atoms with Crippen LogP contribution in [0, 0.1) is 5.92 Å². The molecule has 2 fully saturated rings. The maximum absolute atomic E-state index is 10.7. The first-order valence-electron chi connectivity index (χ1n) is 5.51. The lowest BCUT2D eigenvalue weighted by molar-refractivity contribution is -0.166. The van der Waals surface area contributed by atoms with Gasteiger partial charge in [-0.05, 0) is 31.6 Å². The molecule has 2 unspecified atom stereocenters. The van der Waals surface area contributed by atoms with E-state index in [0.717, 1.165) is 25.3 Å². The molecular weight excluding hydrogens is 180 g/mol. The molecule has 1 amide bonds. The summed E-state index contributed by atoms with van der Waals surface area (Å²) < 4.78 is 0. The quantitative estimate of drug-likeness (QED) is 0.697. The molecule has 0 spiro atoms. The molecule has 1 aliphatic heterocycles. The number of nitrogens with zero attached hydrogens (tertiary/aromatic N) is 1. The van der Waals surface area contributed by atoms with E-state index in [1.165, 1.54) is 25.7 Å². The van der Waals surface area contributed by atoms with E-state index in [1.54, 1.807) is 0 Å². The van der Waals surface area contributed by atoms with Gasteiger partial charge in [-0.2, -0.15) is 0 Å². The molecule has 4 heteroatoms. The number of nitrogens with two attached hydrogens (primary N) is 1. The number of rotatable bonds is 1. The summed E-state index contributed by atoms with van der Waals surface area (Å²) >= 11 is 0. The summed E-state index contributed by atoms with van der Waals surface area (Å²) in [6, 6.07) is 0.435. The fourth-order valence-corrected chi connectivity index (χ4v) is 2.81. The molecule has 2 aliphatic rings. The number of primary amides is 1. The van der Waals surface area contributed by atoms with Gasteiger partial charge in [0.05, 0.1) is 0 Å². The van der Waals surface area contributed by atoms with Crippen molar-refractivity contribution in [2.45, 2.75) is 44.6 Å². The molecule has 0 aromatic heterocycles. The van der Waals surface area contributed by atoms with Gasteiger partial charge in [-0.15, -0.1) is 5.06 Å². The highest BCUT2D eigenvalue weighted by Crippen LogP contribution is 2.35. The van der Waals surface area contributed by atoms with Gasteiger partial charge < -0.3 is 10.6 Å². The van der Waals surface area contributed by atoms with Crippen LogP contribution in [0.4, 0.5) is 4.79 Å². The zero-order valence-electron chi connectivity index (χ0n) is 8.45. The van der Waals surface area contributed by atoms with Gasteiger partial charge in [-0.1, -0.05) is 12.8 Å². The topological polar surface area (TPSA) is 55.6 Å². The molecule has 0 bridgehead atoms. The van der Waals surface area contributed by atoms with Crippen LogP contribution < -0.4 is 5.73 Å². The van der Waals surface area contributed by atoms with E-state index in [9.17, 15) is 4.79 Å². The summed E-state index contributed by atoms with van der Waals surface area (Å²) in [5.41, 5.74) is 5.04. The number of carbonyl (C=O) groups is 1. The van der Waals surface area contributed by atoms with E-state index in [0.29, 0.717) is 6.04 Å². The van der Waals surface area contributed by atoms with Gasteiger partial charge in [-0.3, -0.25) is 0 Å². The largest absolute Gasteiger partial charge is 0.423 e. The highest BCUT2D eigenvalue weighted by atomic mass is 16.7.